The monoisotopic (exact) mass is 333 g/mol. The van der Waals surface area contributed by atoms with Crippen molar-refractivity contribution in [3.63, 3.8) is 0 Å². The number of hydrogen-bond donors (Lipinski definition) is 1. The molecule has 0 aliphatic carbocycles. The maximum atomic E-state index is 12.9. The molecule has 1 rings (SSSR count). The van der Waals surface area contributed by atoms with Crippen LogP contribution in [0, 0.1) is 6.92 Å². The van der Waals surface area contributed by atoms with E-state index in [0.29, 0.717) is 5.56 Å². The van der Waals surface area contributed by atoms with Crippen molar-refractivity contribution in [2.75, 3.05) is 0 Å². The molecule has 0 saturated heterocycles. The third kappa shape index (κ3) is 9.97. The van der Waals surface area contributed by atoms with Gasteiger partial charge in [-0.05, 0) is 39.3 Å². The summed E-state index contributed by atoms with van der Waals surface area (Å²) in [5.74, 6) is -0.415. The zero-order valence-corrected chi connectivity index (χ0v) is 15.5. The molecule has 1 amide bonds. The minimum Gasteiger partial charge on any atom is -0.351 e. The Labute approximate surface area is 138 Å². The number of halogens is 3. The second-order valence-corrected chi connectivity index (χ2v) is 5.63. The lowest BCUT2D eigenvalue weighted by Crippen LogP contribution is -2.41. The highest BCUT2D eigenvalue weighted by molar-refractivity contribution is 5.79. The van der Waals surface area contributed by atoms with Crippen LogP contribution in [0.2, 0.25) is 0 Å². The van der Waals surface area contributed by atoms with Crippen molar-refractivity contribution < 1.29 is 18.0 Å². The third-order valence-corrected chi connectivity index (χ3v) is 2.44. The normalized spacial score (nSPS) is 10.7. The fourth-order valence-electron chi connectivity index (χ4n) is 1.74. The van der Waals surface area contributed by atoms with E-state index in [0.717, 1.165) is 6.07 Å². The molecule has 0 spiro atoms. The first-order valence-electron chi connectivity index (χ1n) is 7.97. The number of nitrogens with one attached hydrogen (secondary N) is 1. The Kier molecular flexibility index (Phi) is 10.6. The molecule has 0 aliphatic heterocycles. The van der Waals surface area contributed by atoms with Gasteiger partial charge in [0.05, 0.1) is 12.0 Å². The molecular weight excluding hydrogens is 303 g/mol. The number of carbonyl (C=O) groups excluding carboxylic acids is 1. The van der Waals surface area contributed by atoms with Gasteiger partial charge in [0.25, 0.3) is 0 Å². The molecule has 134 valence electrons. The van der Waals surface area contributed by atoms with Gasteiger partial charge in [0.1, 0.15) is 0 Å². The zero-order valence-electron chi connectivity index (χ0n) is 15.5. The van der Waals surface area contributed by atoms with Crippen LogP contribution >= 0.6 is 0 Å². The lowest BCUT2D eigenvalue weighted by atomic mass is 10.0. The number of rotatable bonds is 2. The Morgan fingerprint density at radius 2 is 1.52 bits per heavy atom. The van der Waals surface area contributed by atoms with Crippen LogP contribution in [0.4, 0.5) is 13.2 Å². The van der Waals surface area contributed by atoms with Gasteiger partial charge in [-0.2, -0.15) is 13.2 Å². The average molecular weight is 333 g/mol. The number of aryl methyl sites for hydroxylation is 1. The standard InChI is InChI=1S/C14H18F3NO.2C2H6/c1-9-5-6-10(11(7-9)14(15,16)17)8-12(19)18-13(2,3)4;2*1-2/h5-7H,8H2,1-4H3,(H,18,19);2*1-2H3. The van der Waals surface area contributed by atoms with E-state index in [1.165, 1.54) is 6.07 Å². The van der Waals surface area contributed by atoms with Gasteiger partial charge in [0, 0.05) is 5.54 Å². The van der Waals surface area contributed by atoms with Crippen LogP contribution in [0.5, 0.6) is 0 Å². The van der Waals surface area contributed by atoms with Crippen molar-refractivity contribution >= 4 is 5.91 Å². The molecule has 2 nitrogen and oxygen atoms in total. The molecule has 23 heavy (non-hydrogen) atoms. The summed E-state index contributed by atoms with van der Waals surface area (Å²) in [6.45, 7) is 14.9. The molecular formula is C18H30F3NO. The molecule has 0 unspecified atom stereocenters. The summed E-state index contributed by atoms with van der Waals surface area (Å²) in [5.41, 5.74) is -0.677. The first-order valence-corrected chi connectivity index (χ1v) is 7.97. The fraction of sp³-hybridized carbons (Fsp3) is 0.611. The van der Waals surface area contributed by atoms with E-state index in [2.05, 4.69) is 5.32 Å². The SMILES string of the molecule is CC.CC.Cc1ccc(CC(=O)NC(C)(C)C)c(C(F)(F)F)c1. The third-order valence-electron chi connectivity index (χ3n) is 2.44. The summed E-state index contributed by atoms with van der Waals surface area (Å²) in [6.07, 6.45) is -4.71. The zero-order chi connectivity index (χ0) is 18.8. The van der Waals surface area contributed by atoms with E-state index < -0.39 is 23.2 Å². The topological polar surface area (TPSA) is 29.1 Å². The Bertz CT molecular complexity index is 474. The number of benzene rings is 1. The first kappa shape index (κ1) is 23.7. The van der Waals surface area contributed by atoms with Crippen molar-refractivity contribution in [1.82, 2.24) is 5.32 Å². The highest BCUT2D eigenvalue weighted by atomic mass is 19.4. The Hall–Kier alpha value is -1.52. The van der Waals surface area contributed by atoms with Gasteiger partial charge in [-0.1, -0.05) is 45.4 Å². The predicted octanol–water partition coefficient (Wildman–Crippen LogP) is 5.52. The Balaban J connectivity index is 0. The van der Waals surface area contributed by atoms with E-state index in [-0.39, 0.29) is 12.0 Å². The molecule has 1 aromatic rings. The van der Waals surface area contributed by atoms with Gasteiger partial charge in [-0.15, -0.1) is 0 Å². The first-order chi connectivity index (χ1) is 10.5. The van der Waals surface area contributed by atoms with Crippen molar-refractivity contribution in [3.8, 4) is 0 Å². The summed E-state index contributed by atoms with van der Waals surface area (Å²) in [6, 6.07) is 4.01. The number of hydrogen-bond acceptors (Lipinski definition) is 1. The van der Waals surface area contributed by atoms with Crippen molar-refractivity contribution in [1.29, 1.82) is 0 Å². The molecule has 0 bridgehead atoms. The van der Waals surface area contributed by atoms with Crippen LogP contribution in [0.3, 0.4) is 0 Å². The van der Waals surface area contributed by atoms with Gasteiger partial charge in [0.2, 0.25) is 5.91 Å². The van der Waals surface area contributed by atoms with E-state index in [1.807, 2.05) is 27.7 Å². The van der Waals surface area contributed by atoms with Gasteiger partial charge >= 0.3 is 6.18 Å². The quantitative estimate of drug-likeness (QED) is 0.758. The van der Waals surface area contributed by atoms with Crippen LogP contribution in [0.1, 0.15) is 65.2 Å². The number of amides is 1. The smallest absolute Gasteiger partial charge is 0.351 e. The van der Waals surface area contributed by atoms with Crippen molar-refractivity contribution in [3.05, 3.63) is 34.9 Å². The van der Waals surface area contributed by atoms with E-state index in [9.17, 15) is 18.0 Å². The van der Waals surface area contributed by atoms with Crippen molar-refractivity contribution in [2.45, 2.75) is 73.5 Å². The second kappa shape index (κ2) is 10.3. The molecule has 0 aromatic heterocycles. The molecule has 5 heteroatoms. The largest absolute Gasteiger partial charge is 0.416 e. The van der Waals surface area contributed by atoms with Crippen LogP contribution < -0.4 is 5.32 Å². The van der Waals surface area contributed by atoms with Crippen LogP contribution in [0.25, 0.3) is 0 Å². The number of carbonyl (C=O) groups is 1. The lowest BCUT2D eigenvalue weighted by Gasteiger charge is -2.21. The maximum Gasteiger partial charge on any atom is 0.416 e. The van der Waals surface area contributed by atoms with Crippen LogP contribution in [-0.2, 0) is 17.4 Å². The predicted molar refractivity (Wildman–Crippen MR) is 90.5 cm³/mol. The number of alkyl halides is 3. The maximum absolute atomic E-state index is 12.9. The van der Waals surface area contributed by atoms with Gasteiger partial charge < -0.3 is 5.32 Å². The average Bonchev–Trinajstić information content (AvgIpc) is 2.42. The van der Waals surface area contributed by atoms with Gasteiger partial charge in [0.15, 0.2) is 0 Å². The van der Waals surface area contributed by atoms with E-state index in [4.69, 9.17) is 0 Å². The van der Waals surface area contributed by atoms with Gasteiger partial charge in [-0.25, -0.2) is 0 Å². The molecule has 0 heterocycles. The van der Waals surface area contributed by atoms with E-state index in [1.54, 1.807) is 33.8 Å². The second-order valence-electron chi connectivity index (χ2n) is 5.63. The lowest BCUT2D eigenvalue weighted by molar-refractivity contribution is -0.138. The summed E-state index contributed by atoms with van der Waals surface area (Å²) in [7, 11) is 0. The van der Waals surface area contributed by atoms with Crippen molar-refractivity contribution in [2.24, 2.45) is 0 Å². The molecule has 0 fully saturated rings. The molecule has 0 aliphatic rings. The minimum absolute atomic E-state index is 0.000139. The molecule has 1 aromatic carbocycles. The fourth-order valence-corrected chi connectivity index (χ4v) is 1.74. The summed E-state index contributed by atoms with van der Waals surface area (Å²) < 4.78 is 38.7. The highest BCUT2D eigenvalue weighted by Gasteiger charge is 2.33. The van der Waals surface area contributed by atoms with Crippen LogP contribution in [0.15, 0.2) is 18.2 Å². The Morgan fingerprint density at radius 3 is 1.91 bits per heavy atom. The minimum atomic E-state index is -4.44. The molecule has 0 radical (unpaired) electrons. The molecule has 0 saturated carbocycles. The van der Waals surface area contributed by atoms with E-state index >= 15 is 0 Å². The van der Waals surface area contributed by atoms with Gasteiger partial charge in [-0.3, -0.25) is 4.79 Å². The summed E-state index contributed by atoms with van der Waals surface area (Å²) >= 11 is 0. The summed E-state index contributed by atoms with van der Waals surface area (Å²) in [5, 5.41) is 2.65. The Morgan fingerprint density at radius 1 is 1.04 bits per heavy atom. The molecule has 0 atom stereocenters. The highest BCUT2D eigenvalue weighted by Crippen LogP contribution is 2.32. The summed E-state index contributed by atoms with van der Waals surface area (Å²) in [4.78, 5) is 11.7. The van der Waals surface area contributed by atoms with Crippen LogP contribution in [-0.4, -0.2) is 11.4 Å². The molecule has 1 N–H and O–H groups in total.